The summed E-state index contributed by atoms with van der Waals surface area (Å²) in [7, 11) is 0. The third-order valence-corrected chi connectivity index (χ3v) is 2.26. The van der Waals surface area contributed by atoms with Crippen LogP contribution in [0, 0.1) is 0 Å². The van der Waals surface area contributed by atoms with Crippen LogP contribution in [0.3, 0.4) is 0 Å². The molecule has 82 valence electrons. The van der Waals surface area contributed by atoms with Gasteiger partial charge < -0.3 is 9.88 Å². The first-order chi connectivity index (χ1) is 7.24. The Morgan fingerprint density at radius 1 is 1.60 bits per heavy atom. The van der Waals surface area contributed by atoms with E-state index in [1.165, 1.54) is 0 Å². The number of hydrogen-bond donors (Lipinski definition) is 1. The Bertz CT molecular complexity index is 357. The maximum atomic E-state index is 11.3. The lowest BCUT2D eigenvalue weighted by Crippen LogP contribution is -2.31. The molecule has 1 aromatic rings. The van der Waals surface area contributed by atoms with Gasteiger partial charge in [0.2, 0.25) is 0 Å². The van der Waals surface area contributed by atoms with E-state index in [0.717, 1.165) is 13.0 Å². The minimum absolute atomic E-state index is 0.0515. The minimum Gasteiger partial charge on any atom is -0.314 e. The summed E-state index contributed by atoms with van der Waals surface area (Å²) in [6.45, 7) is 7.31. The van der Waals surface area contributed by atoms with Crippen molar-refractivity contribution < 1.29 is 0 Å². The van der Waals surface area contributed by atoms with Crippen LogP contribution in [0.5, 0.6) is 0 Å². The molecule has 1 rings (SSSR count). The molecule has 0 amide bonds. The Hall–Kier alpha value is -1.35. The van der Waals surface area contributed by atoms with Crippen molar-refractivity contribution in [2.24, 2.45) is 0 Å². The van der Waals surface area contributed by atoms with Crippen LogP contribution in [0.2, 0.25) is 0 Å². The van der Waals surface area contributed by atoms with Gasteiger partial charge in [-0.2, -0.15) is 0 Å². The quantitative estimate of drug-likeness (QED) is 0.714. The molecule has 0 aromatic carbocycles. The summed E-state index contributed by atoms with van der Waals surface area (Å²) >= 11 is 0. The Balaban J connectivity index is 2.35. The normalized spacial score (nSPS) is 12.3. The van der Waals surface area contributed by atoms with E-state index < -0.39 is 0 Å². The van der Waals surface area contributed by atoms with E-state index in [-0.39, 0.29) is 5.56 Å². The van der Waals surface area contributed by atoms with Gasteiger partial charge in [-0.1, -0.05) is 12.1 Å². The van der Waals surface area contributed by atoms with Crippen molar-refractivity contribution >= 4 is 0 Å². The zero-order chi connectivity index (χ0) is 11.1. The maximum absolute atomic E-state index is 11.3. The van der Waals surface area contributed by atoms with Crippen LogP contribution in [0.25, 0.3) is 0 Å². The van der Waals surface area contributed by atoms with E-state index in [9.17, 15) is 4.79 Å². The van der Waals surface area contributed by atoms with E-state index in [1.54, 1.807) is 16.7 Å². The Kier molecular flexibility index (Phi) is 4.84. The number of hydrogen-bond acceptors (Lipinski definition) is 2. The lowest BCUT2D eigenvalue weighted by atomic mass is 10.2. The van der Waals surface area contributed by atoms with Crippen molar-refractivity contribution in [3.05, 3.63) is 47.4 Å². The molecular weight excluding hydrogens is 188 g/mol. The molecule has 0 saturated heterocycles. The first-order valence-electron chi connectivity index (χ1n) is 5.24. The fraction of sp³-hybridized carbons (Fsp3) is 0.417. The lowest BCUT2D eigenvalue weighted by Gasteiger charge is -2.12. The van der Waals surface area contributed by atoms with Crippen LogP contribution in [0.15, 0.2) is 41.8 Å². The summed E-state index contributed by atoms with van der Waals surface area (Å²) in [5, 5.41) is 3.33. The zero-order valence-corrected chi connectivity index (χ0v) is 9.15. The smallest absolute Gasteiger partial charge is 0.250 e. The molecule has 0 aliphatic rings. The van der Waals surface area contributed by atoms with Crippen LogP contribution in [0.4, 0.5) is 0 Å². The van der Waals surface area contributed by atoms with Crippen molar-refractivity contribution in [3.8, 4) is 0 Å². The van der Waals surface area contributed by atoms with Crippen LogP contribution < -0.4 is 10.9 Å². The van der Waals surface area contributed by atoms with Gasteiger partial charge in [0.15, 0.2) is 0 Å². The number of pyridine rings is 1. The van der Waals surface area contributed by atoms with E-state index in [1.807, 2.05) is 18.3 Å². The van der Waals surface area contributed by atoms with Crippen LogP contribution >= 0.6 is 0 Å². The molecule has 1 unspecified atom stereocenters. The molecule has 1 aromatic heterocycles. The minimum atomic E-state index is 0.0515. The summed E-state index contributed by atoms with van der Waals surface area (Å²) in [6.07, 6.45) is 4.65. The van der Waals surface area contributed by atoms with Gasteiger partial charge >= 0.3 is 0 Å². The fourth-order valence-electron chi connectivity index (χ4n) is 1.41. The molecule has 0 aliphatic carbocycles. The number of aromatic nitrogens is 1. The highest BCUT2D eigenvalue weighted by atomic mass is 16.1. The largest absolute Gasteiger partial charge is 0.314 e. The second-order valence-electron chi connectivity index (χ2n) is 3.61. The first-order valence-corrected chi connectivity index (χ1v) is 5.24. The average Bonchev–Trinajstić information content (AvgIpc) is 2.21. The third-order valence-electron chi connectivity index (χ3n) is 2.26. The number of nitrogens with one attached hydrogen (secondary N) is 1. The molecule has 0 spiro atoms. The molecule has 3 heteroatoms. The standard InChI is InChI=1S/C12H18N2O/c1-3-6-11(2)13-8-10-14-9-5-4-7-12(14)15/h3-5,7,9,11,13H,1,6,8,10H2,2H3. The Labute approximate surface area is 90.4 Å². The zero-order valence-electron chi connectivity index (χ0n) is 9.15. The molecule has 0 saturated carbocycles. The number of rotatable bonds is 6. The van der Waals surface area contributed by atoms with E-state index in [0.29, 0.717) is 12.6 Å². The lowest BCUT2D eigenvalue weighted by molar-refractivity contribution is 0.513. The highest BCUT2D eigenvalue weighted by Crippen LogP contribution is 1.90. The predicted octanol–water partition coefficient (Wildman–Crippen LogP) is 1.40. The van der Waals surface area contributed by atoms with Gasteiger partial charge in [-0.15, -0.1) is 6.58 Å². The maximum Gasteiger partial charge on any atom is 0.250 e. The van der Waals surface area contributed by atoms with E-state index >= 15 is 0 Å². The van der Waals surface area contributed by atoms with Crippen molar-refractivity contribution in [1.29, 1.82) is 0 Å². The molecule has 0 radical (unpaired) electrons. The number of nitrogens with zero attached hydrogens (tertiary/aromatic N) is 1. The molecule has 0 bridgehead atoms. The molecule has 0 fully saturated rings. The Morgan fingerprint density at radius 2 is 2.40 bits per heavy atom. The average molecular weight is 206 g/mol. The monoisotopic (exact) mass is 206 g/mol. The summed E-state index contributed by atoms with van der Waals surface area (Å²) in [5.74, 6) is 0. The fourth-order valence-corrected chi connectivity index (χ4v) is 1.41. The predicted molar refractivity (Wildman–Crippen MR) is 63.0 cm³/mol. The van der Waals surface area contributed by atoms with Gasteiger partial charge in [-0.05, 0) is 19.4 Å². The third kappa shape index (κ3) is 4.13. The Morgan fingerprint density at radius 3 is 3.07 bits per heavy atom. The van der Waals surface area contributed by atoms with Gasteiger partial charge in [0.1, 0.15) is 0 Å². The molecule has 1 N–H and O–H groups in total. The SMILES string of the molecule is C=CCC(C)NCCn1ccccc1=O. The van der Waals surface area contributed by atoms with Gasteiger partial charge in [0.05, 0.1) is 0 Å². The first kappa shape index (κ1) is 11.7. The molecule has 1 atom stereocenters. The van der Waals surface area contributed by atoms with Crippen LogP contribution in [0.1, 0.15) is 13.3 Å². The summed E-state index contributed by atoms with van der Waals surface area (Å²) in [4.78, 5) is 11.3. The molecule has 15 heavy (non-hydrogen) atoms. The van der Waals surface area contributed by atoms with E-state index in [4.69, 9.17) is 0 Å². The van der Waals surface area contributed by atoms with Crippen molar-refractivity contribution in [1.82, 2.24) is 9.88 Å². The van der Waals surface area contributed by atoms with Gasteiger partial charge in [-0.25, -0.2) is 0 Å². The van der Waals surface area contributed by atoms with Crippen molar-refractivity contribution in [2.75, 3.05) is 6.54 Å². The van der Waals surface area contributed by atoms with Crippen molar-refractivity contribution in [3.63, 3.8) is 0 Å². The molecule has 3 nitrogen and oxygen atoms in total. The topological polar surface area (TPSA) is 34.0 Å². The van der Waals surface area contributed by atoms with Gasteiger partial charge in [0, 0.05) is 31.4 Å². The van der Waals surface area contributed by atoms with Crippen LogP contribution in [-0.4, -0.2) is 17.2 Å². The second-order valence-corrected chi connectivity index (χ2v) is 3.61. The molecule has 0 aliphatic heterocycles. The highest BCUT2D eigenvalue weighted by Gasteiger charge is 1.98. The van der Waals surface area contributed by atoms with Crippen LogP contribution in [-0.2, 0) is 6.54 Å². The van der Waals surface area contributed by atoms with Gasteiger partial charge in [0.25, 0.3) is 5.56 Å². The van der Waals surface area contributed by atoms with E-state index in [2.05, 4.69) is 18.8 Å². The molecule has 1 heterocycles. The van der Waals surface area contributed by atoms with Gasteiger partial charge in [-0.3, -0.25) is 4.79 Å². The summed E-state index contributed by atoms with van der Waals surface area (Å²) < 4.78 is 1.70. The highest BCUT2D eigenvalue weighted by molar-refractivity contribution is 4.93. The molecular formula is C12H18N2O. The summed E-state index contributed by atoms with van der Waals surface area (Å²) in [6, 6.07) is 5.62. The summed E-state index contributed by atoms with van der Waals surface area (Å²) in [5.41, 5.74) is 0.0515. The second kappa shape index (κ2) is 6.19. The van der Waals surface area contributed by atoms with Crippen molar-refractivity contribution in [2.45, 2.75) is 25.9 Å².